The normalized spacial score (nSPS) is 10.8. The number of nitrogens with one attached hydrogen (secondary N) is 2. The van der Waals surface area contributed by atoms with Crippen LogP contribution in [0, 0.1) is 11.3 Å². The van der Waals surface area contributed by atoms with E-state index in [0.29, 0.717) is 4.47 Å². The molecule has 7 heteroatoms. The molecule has 0 unspecified atom stereocenters. The zero-order valence-electron chi connectivity index (χ0n) is 8.49. The van der Waals surface area contributed by atoms with Crippen LogP contribution in [-0.4, -0.2) is 15.0 Å². The number of rotatable bonds is 4. The number of nitrogens with zero attached hydrogens (tertiary/aromatic N) is 1. The second-order valence-electron chi connectivity index (χ2n) is 2.91. The van der Waals surface area contributed by atoms with Crippen molar-refractivity contribution in [2.45, 2.75) is 6.92 Å². The molecule has 0 heterocycles. The van der Waals surface area contributed by atoms with Gasteiger partial charge in [-0.25, -0.2) is 0 Å². The first-order chi connectivity index (χ1) is 7.48. The number of nitriles is 1. The summed E-state index contributed by atoms with van der Waals surface area (Å²) in [5.74, 6) is 0. The van der Waals surface area contributed by atoms with Gasteiger partial charge in [0.2, 0.25) is 0 Å². The molecule has 1 aromatic rings. The second kappa shape index (κ2) is 5.30. The van der Waals surface area contributed by atoms with Gasteiger partial charge in [-0.1, -0.05) is 22.9 Å². The van der Waals surface area contributed by atoms with Gasteiger partial charge < -0.3 is 0 Å². The van der Waals surface area contributed by atoms with Gasteiger partial charge >= 0.3 is 0 Å². The van der Waals surface area contributed by atoms with Gasteiger partial charge in [-0.3, -0.25) is 4.72 Å². The maximum absolute atomic E-state index is 11.4. The second-order valence-corrected chi connectivity index (χ2v) is 5.32. The molecule has 0 fully saturated rings. The zero-order chi connectivity index (χ0) is 12.2. The molecule has 16 heavy (non-hydrogen) atoms. The van der Waals surface area contributed by atoms with Crippen molar-refractivity contribution in [3.8, 4) is 6.07 Å². The Labute approximate surface area is 103 Å². The van der Waals surface area contributed by atoms with E-state index in [-0.39, 0.29) is 17.8 Å². The van der Waals surface area contributed by atoms with Gasteiger partial charge in [-0.15, -0.1) is 0 Å². The molecule has 0 bridgehead atoms. The van der Waals surface area contributed by atoms with E-state index < -0.39 is 10.2 Å². The van der Waals surface area contributed by atoms with Crippen LogP contribution in [0.3, 0.4) is 0 Å². The number of hydrogen-bond donors (Lipinski definition) is 2. The Morgan fingerprint density at radius 3 is 2.75 bits per heavy atom. The third kappa shape index (κ3) is 3.48. The fourth-order valence-electron chi connectivity index (χ4n) is 1.07. The predicted octanol–water partition coefficient (Wildman–Crippen LogP) is 1.59. The van der Waals surface area contributed by atoms with Crippen molar-refractivity contribution in [1.29, 1.82) is 5.26 Å². The molecular weight excluding hydrogens is 294 g/mol. The summed E-state index contributed by atoms with van der Waals surface area (Å²) in [6, 6.07) is 6.65. The minimum atomic E-state index is -3.61. The topological polar surface area (TPSA) is 82.0 Å². The van der Waals surface area contributed by atoms with E-state index >= 15 is 0 Å². The molecule has 0 aliphatic heterocycles. The Bertz CT molecular complexity index is 522. The molecule has 0 atom stereocenters. The van der Waals surface area contributed by atoms with Crippen LogP contribution in [-0.2, 0) is 10.2 Å². The van der Waals surface area contributed by atoms with Crippen LogP contribution < -0.4 is 9.44 Å². The molecule has 1 aromatic carbocycles. The average molecular weight is 304 g/mol. The molecule has 0 amide bonds. The lowest BCUT2D eigenvalue weighted by atomic mass is 10.2. The van der Waals surface area contributed by atoms with Crippen LogP contribution in [0.1, 0.15) is 12.5 Å². The Kier molecular flexibility index (Phi) is 4.29. The van der Waals surface area contributed by atoms with Crippen molar-refractivity contribution in [2.75, 3.05) is 11.3 Å². The molecular formula is C9H10BrN3O2S. The van der Waals surface area contributed by atoms with Crippen LogP contribution in [0.5, 0.6) is 0 Å². The van der Waals surface area contributed by atoms with Gasteiger partial charge in [0, 0.05) is 11.0 Å². The van der Waals surface area contributed by atoms with Gasteiger partial charge in [0.25, 0.3) is 10.2 Å². The Balaban J connectivity index is 3.06. The smallest absolute Gasteiger partial charge is 0.270 e. The van der Waals surface area contributed by atoms with Gasteiger partial charge in [0.1, 0.15) is 6.07 Å². The quantitative estimate of drug-likeness (QED) is 0.886. The lowest BCUT2D eigenvalue weighted by Gasteiger charge is -2.09. The third-order valence-corrected chi connectivity index (χ3v) is 3.33. The zero-order valence-corrected chi connectivity index (χ0v) is 10.9. The fraction of sp³-hybridized carbons (Fsp3) is 0.222. The molecule has 0 aromatic heterocycles. The first kappa shape index (κ1) is 13.0. The monoisotopic (exact) mass is 303 g/mol. The van der Waals surface area contributed by atoms with E-state index in [0.717, 1.165) is 0 Å². The van der Waals surface area contributed by atoms with Crippen LogP contribution >= 0.6 is 15.9 Å². The van der Waals surface area contributed by atoms with Crippen LogP contribution in [0.25, 0.3) is 0 Å². The number of anilines is 1. The van der Waals surface area contributed by atoms with Crippen molar-refractivity contribution < 1.29 is 8.42 Å². The van der Waals surface area contributed by atoms with Gasteiger partial charge in [-0.2, -0.15) is 18.4 Å². The number of benzene rings is 1. The molecule has 0 saturated heterocycles. The van der Waals surface area contributed by atoms with Crippen LogP contribution in [0.15, 0.2) is 22.7 Å². The summed E-state index contributed by atoms with van der Waals surface area (Å²) in [7, 11) is -3.61. The summed E-state index contributed by atoms with van der Waals surface area (Å²) in [4.78, 5) is 0. The van der Waals surface area contributed by atoms with Crippen LogP contribution in [0.2, 0.25) is 0 Å². The summed E-state index contributed by atoms with van der Waals surface area (Å²) in [5.41, 5.74) is 0.516. The molecule has 0 aliphatic rings. The SMILES string of the molecule is CCNS(=O)(=O)Nc1cc(Br)ccc1C#N. The highest BCUT2D eigenvalue weighted by molar-refractivity contribution is 9.10. The van der Waals surface area contributed by atoms with Crippen LogP contribution in [0.4, 0.5) is 5.69 Å². The summed E-state index contributed by atoms with van der Waals surface area (Å²) in [6.07, 6.45) is 0. The summed E-state index contributed by atoms with van der Waals surface area (Å²) < 4.78 is 28.1. The standard InChI is InChI=1S/C9H10BrN3O2S/c1-2-12-16(14,15)13-9-5-8(10)4-3-7(9)6-11/h3-5,12-13H,2H2,1H3. The van der Waals surface area contributed by atoms with E-state index in [2.05, 4.69) is 25.4 Å². The van der Waals surface area contributed by atoms with Crippen molar-refractivity contribution in [3.05, 3.63) is 28.2 Å². The Morgan fingerprint density at radius 2 is 2.19 bits per heavy atom. The predicted molar refractivity (Wildman–Crippen MR) is 65.1 cm³/mol. The van der Waals surface area contributed by atoms with E-state index in [1.807, 2.05) is 6.07 Å². The Hall–Kier alpha value is -1.10. The Morgan fingerprint density at radius 1 is 1.50 bits per heavy atom. The minimum Gasteiger partial charge on any atom is -0.270 e. The molecule has 1 rings (SSSR count). The average Bonchev–Trinajstić information content (AvgIpc) is 2.17. The van der Waals surface area contributed by atoms with Crippen molar-refractivity contribution in [3.63, 3.8) is 0 Å². The van der Waals surface area contributed by atoms with E-state index in [1.54, 1.807) is 13.0 Å². The fourth-order valence-corrected chi connectivity index (χ4v) is 2.34. The summed E-state index contributed by atoms with van der Waals surface area (Å²) in [6.45, 7) is 1.95. The molecule has 0 spiro atoms. The van der Waals surface area contributed by atoms with E-state index in [1.165, 1.54) is 12.1 Å². The van der Waals surface area contributed by atoms with Gasteiger partial charge in [0.05, 0.1) is 11.3 Å². The van der Waals surface area contributed by atoms with Crippen molar-refractivity contribution >= 4 is 31.8 Å². The van der Waals surface area contributed by atoms with Gasteiger partial charge in [0.15, 0.2) is 0 Å². The molecule has 0 saturated carbocycles. The molecule has 2 N–H and O–H groups in total. The minimum absolute atomic E-state index is 0.248. The maximum Gasteiger partial charge on any atom is 0.299 e. The molecule has 86 valence electrons. The maximum atomic E-state index is 11.4. The highest BCUT2D eigenvalue weighted by atomic mass is 79.9. The first-order valence-electron chi connectivity index (χ1n) is 4.45. The molecule has 5 nitrogen and oxygen atoms in total. The number of hydrogen-bond acceptors (Lipinski definition) is 3. The van der Waals surface area contributed by atoms with Gasteiger partial charge in [-0.05, 0) is 18.2 Å². The highest BCUT2D eigenvalue weighted by Crippen LogP contribution is 2.21. The van der Waals surface area contributed by atoms with E-state index in [4.69, 9.17) is 5.26 Å². The van der Waals surface area contributed by atoms with Crippen molar-refractivity contribution in [1.82, 2.24) is 4.72 Å². The van der Waals surface area contributed by atoms with Crippen molar-refractivity contribution in [2.24, 2.45) is 0 Å². The summed E-state index contributed by atoms with van der Waals surface area (Å²) in [5, 5.41) is 8.82. The summed E-state index contributed by atoms with van der Waals surface area (Å²) >= 11 is 3.21. The largest absolute Gasteiger partial charge is 0.299 e. The third-order valence-electron chi connectivity index (χ3n) is 1.68. The lowest BCUT2D eigenvalue weighted by molar-refractivity contribution is 0.589. The lowest BCUT2D eigenvalue weighted by Crippen LogP contribution is -2.30. The molecule has 0 aliphatic carbocycles. The van der Waals surface area contributed by atoms with E-state index in [9.17, 15) is 8.42 Å². The highest BCUT2D eigenvalue weighted by Gasteiger charge is 2.11. The molecule has 0 radical (unpaired) electrons. The first-order valence-corrected chi connectivity index (χ1v) is 6.73. The number of halogens is 1.